The monoisotopic (exact) mass is 232 g/mol. The van der Waals surface area contributed by atoms with Gasteiger partial charge in [0.2, 0.25) is 0 Å². The highest BCUT2D eigenvalue weighted by atomic mass is 16.4. The van der Waals surface area contributed by atoms with Crippen LogP contribution in [-0.2, 0) is 13.0 Å². The fourth-order valence-electron chi connectivity index (χ4n) is 1.59. The van der Waals surface area contributed by atoms with Crippen LogP contribution in [0.3, 0.4) is 0 Å². The fraction of sp³-hybridized carbons (Fsp3) is 0.273. The number of aryl methyl sites for hydroxylation is 2. The van der Waals surface area contributed by atoms with Gasteiger partial charge in [0.15, 0.2) is 0 Å². The molecule has 0 saturated heterocycles. The summed E-state index contributed by atoms with van der Waals surface area (Å²) in [5.74, 6) is -0.936. The Hall–Kier alpha value is -2.24. The highest BCUT2D eigenvalue weighted by Crippen LogP contribution is 2.08. The lowest BCUT2D eigenvalue weighted by Gasteiger charge is -2.04. The number of hydrogen-bond donors (Lipinski definition) is 1. The van der Waals surface area contributed by atoms with E-state index in [2.05, 4.69) is 15.1 Å². The number of carboxylic acid groups (broad SMARTS) is 1. The molecule has 0 atom stereocenters. The molecule has 0 spiro atoms. The third-order valence-electron chi connectivity index (χ3n) is 2.39. The average molecular weight is 232 g/mol. The molecule has 88 valence electrons. The predicted octanol–water partition coefficient (Wildman–Crippen LogP) is 1.00. The summed E-state index contributed by atoms with van der Waals surface area (Å²) in [6.45, 7) is 0.704. The lowest BCUT2D eigenvalue weighted by atomic mass is 10.1. The van der Waals surface area contributed by atoms with Gasteiger partial charge in [0.1, 0.15) is 12.7 Å². The Labute approximate surface area is 98.0 Å². The van der Waals surface area contributed by atoms with Crippen LogP contribution in [0.15, 0.2) is 31.0 Å². The van der Waals surface area contributed by atoms with Crippen molar-refractivity contribution >= 4 is 5.97 Å². The van der Waals surface area contributed by atoms with Gasteiger partial charge in [-0.1, -0.05) is 0 Å². The Morgan fingerprint density at radius 2 is 2.35 bits per heavy atom. The van der Waals surface area contributed by atoms with E-state index in [1.807, 2.05) is 0 Å². The van der Waals surface area contributed by atoms with Crippen molar-refractivity contribution in [2.45, 2.75) is 19.4 Å². The van der Waals surface area contributed by atoms with Gasteiger partial charge in [-0.05, 0) is 25.0 Å². The molecule has 0 aromatic carbocycles. The van der Waals surface area contributed by atoms with Crippen LogP contribution in [0.4, 0.5) is 0 Å². The van der Waals surface area contributed by atoms with Crippen LogP contribution in [0.5, 0.6) is 0 Å². The average Bonchev–Trinajstić information content (AvgIpc) is 2.82. The molecule has 0 aliphatic heterocycles. The van der Waals surface area contributed by atoms with Gasteiger partial charge < -0.3 is 5.11 Å². The van der Waals surface area contributed by atoms with E-state index in [4.69, 9.17) is 5.11 Å². The Morgan fingerprint density at radius 1 is 1.47 bits per heavy atom. The Bertz CT molecular complexity index is 496. The minimum Gasteiger partial charge on any atom is -0.478 e. The van der Waals surface area contributed by atoms with Crippen molar-refractivity contribution in [3.05, 3.63) is 42.2 Å². The van der Waals surface area contributed by atoms with Crippen LogP contribution >= 0.6 is 0 Å². The normalized spacial score (nSPS) is 10.4. The zero-order valence-corrected chi connectivity index (χ0v) is 9.15. The number of hydrogen-bond acceptors (Lipinski definition) is 4. The smallest absolute Gasteiger partial charge is 0.337 e. The van der Waals surface area contributed by atoms with Crippen molar-refractivity contribution in [1.82, 2.24) is 19.7 Å². The SMILES string of the molecule is O=C(O)c1cccnc1CCCn1cncn1. The van der Waals surface area contributed by atoms with Crippen molar-refractivity contribution in [2.24, 2.45) is 0 Å². The Morgan fingerprint density at radius 3 is 3.06 bits per heavy atom. The van der Waals surface area contributed by atoms with E-state index >= 15 is 0 Å². The van der Waals surface area contributed by atoms with E-state index in [0.29, 0.717) is 18.7 Å². The molecule has 2 aromatic rings. The van der Waals surface area contributed by atoms with Crippen LogP contribution < -0.4 is 0 Å². The summed E-state index contributed by atoms with van der Waals surface area (Å²) in [6, 6.07) is 3.20. The van der Waals surface area contributed by atoms with E-state index in [1.165, 1.54) is 6.33 Å². The minimum absolute atomic E-state index is 0.270. The molecule has 2 heterocycles. The standard InChI is InChI=1S/C11H12N4O2/c16-11(17)9-3-1-5-13-10(9)4-2-6-15-8-12-7-14-15/h1,3,5,7-8H,2,4,6H2,(H,16,17). The van der Waals surface area contributed by atoms with Crippen molar-refractivity contribution < 1.29 is 9.90 Å². The maximum Gasteiger partial charge on any atom is 0.337 e. The number of carbonyl (C=O) groups is 1. The summed E-state index contributed by atoms with van der Waals surface area (Å²) < 4.78 is 1.71. The molecule has 0 aliphatic rings. The maximum atomic E-state index is 10.9. The first kappa shape index (κ1) is 11.3. The quantitative estimate of drug-likeness (QED) is 0.831. The number of aromatic carboxylic acids is 1. The highest BCUT2D eigenvalue weighted by molar-refractivity contribution is 5.88. The first-order valence-electron chi connectivity index (χ1n) is 5.27. The van der Waals surface area contributed by atoms with E-state index in [-0.39, 0.29) is 5.56 Å². The molecule has 0 saturated carbocycles. The number of rotatable bonds is 5. The highest BCUT2D eigenvalue weighted by Gasteiger charge is 2.09. The lowest BCUT2D eigenvalue weighted by Crippen LogP contribution is -2.06. The number of aromatic nitrogens is 4. The van der Waals surface area contributed by atoms with Crippen molar-refractivity contribution in [1.29, 1.82) is 0 Å². The van der Waals surface area contributed by atoms with Gasteiger partial charge in [0.25, 0.3) is 0 Å². The van der Waals surface area contributed by atoms with Gasteiger partial charge in [-0.25, -0.2) is 9.78 Å². The second-order valence-electron chi connectivity index (χ2n) is 3.56. The van der Waals surface area contributed by atoms with Crippen LogP contribution in [0.25, 0.3) is 0 Å². The van der Waals surface area contributed by atoms with E-state index in [9.17, 15) is 4.79 Å². The predicted molar refractivity (Wildman–Crippen MR) is 59.5 cm³/mol. The van der Waals surface area contributed by atoms with Gasteiger partial charge in [-0.2, -0.15) is 5.10 Å². The Balaban J connectivity index is 1.97. The maximum absolute atomic E-state index is 10.9. The van der Waals surface area contributed by atoms with Gasteiger partial charge >= 0.3 is 5.97 Å². The number of pyridine rings is 1. The zero-order chi connectivity index (χ0) is 12.1. The first-order chi connectivity index (χ1) is 8.27. The zero-order valence-electron chi connectivity index (χ0n) is 9.15. The number of nitrogens with zero attached hydrogens (tertiary/aromatic N) is 4. The first-order valence-corrected chi connectivity index (χ1v) is 5.27. The van der Waals surface area contributed by atoms with Gasteiger partial charge in [0.05, 0.1) is 11.3 Å². The van der Waals surface area contributed by atoms with Crippen LogP contribution in [0.2, 0.25) is 0 Å². The molecular formula is C11H12N4O2. The number of carboxylic acids is 1. The van der Waals surface area contributed by atoms with Crippen molar-refractivity contribution in [3.63, 3.8) is 0 Å². The van der Waals surface area contributed by atoms with Gasteiger partial charge in [0, 0.05) is 12.7 Å². The second-order valence-corrected chi connectivity index (χ2v) is 3.56. The summed E-state index contributed by atoms with van der Waals surface area (Å²) in [5.41, 5.74) is 0.881. The second kappa shape index (κ2) is 5.20. The largest absolute Gasteiger partial charge is 0.478 e. The summed E-state index contributed by atoms with van der Waals surface area (Å²) >= 11 is 0. The van der Waals surface area contributed by atoms with Crippen LogP contribution in [0, 0.1) is 0 Å². The molecule has 6 heteroatoms. The molecule has 1 N–H and O–H groups in total. The molecule has 17 heavy (non-hydrogen) atoms. The molecule has 2 rings (SSSR count). The third kappa shape index (κ3) is 2.87. The molecule has 0 fully saturated rings. The molecule has 0 aliphatic carbocycles. The minimum atomic E-state index is -0.936. The summed E-state index contributed by atoms with van der Waals surface area (Å²) in [6.07, 6.45) is 6.11. The molecule has 0 bridgehead atoms. The van der Waals surface area contributed by atoms with E-state index in [0.717, 1.165) is 6.42 Å². The van der Waals surface area contributed by atoms with Crippen LogP contribution in [0.1, 0.15) is 22.5 Å². The fourth-order valence-corrected chi connectivity index (χ4v) is 1.59. The molecule has 0 amide bonds. The third-order valence-corrected chi connectivity index (χ3v) is 2.39. The molecule has 0 unspecified atom stereocenters. The summed E-state index contributed by atoms with van der Waals surface area (Å²) in [7, 11) is 0. The Kier molecular flexibility index (Phi) is 3.44. The lowest BCUT2D eigenvalue weighted by molar-refractivity contribution is 0.0695. The van der Waals surface area contributed by atoms with Crippen molar-refractivity contribution in [3.8, 4) is 0 Å². The van der Waals surface area contributed by atoms with Gasteiger partial charge in [-0.3, -0.25) is 9.67 Å². The van der Waals surface area contributed by atoms with E-state index < -0.39 is 5.97 Å². The topological polar surface area (TPSA) is 80.9 Å². The molecule has 2 aromatic heterocycles. The molecule has 0 radical (unpaired) electrons. The molecular weight excluding hydrogens is 220 g/mol. The van der Waals surface area contributed by atoms with Gasteiger partial charge in [-0.15, -0.1) is 0 Å². The van der Waals surface area contributed by atoms with Crippen molar-refractivity contribution in [2.75, 3.05) is 0 Å². The summed E-state index contributed by atoms with van der Waals surface area (Å²) in [4.78, 5) is 18.9. The van der Waals surface area contributed by atoms with E-state index in [1.54, 1.807) is 29.3 Å². The van der Waals surface area contributed by atoms with Crippen LogP contribution in [-0.4, -0.2) is 30.8 Å². The molecule has 6 nitrogen and oxygen atoms in total. The summed E-state index contributed by atoms with van der Waals surface area (Å²) in [5, 5.41) is 13.0.